The number of amides is 1. The molecular weight excluding hydrogens is 563 g/mol. The second kappa shape index (κ2) is 11.6. The van der Waals surface area contributed by atoms with Gasteiger partial charge in [0.05, 0.1) is 23.0 Å². The monoisotopic (exact) mass is 591 g/mol. The lowest BCUT2D eigenvalue weighted by Crippen LogP contribution is -2.50. The smallest absolute Gasteiger partial charge is 0.444 e. The van der Waals surface area contributed by atoms with Crippen LogP contribution < -0.4 is 10.2 Å². The Bertz CT molecular complexity index is 1650. The number of ether oxygens (including phenoxy) is 1. The maximum Gasteiger partial charge on any atom is 0.453 e. The van der Waals surface area contributed by atoms with E-state index in [9.17, 15) is 23.2 Å². The average Bonchev–Trinajstić information content (AvgIpc) is 3.48. The molecule has 0 saturated carbocycles. The summed E-state index contributed by atoms with van der Waals surface area (Å²) in [5, 5.41) is 16.3. The van der Waals surface area contributed by atoms with Crippen molar-refractivity contribution in [2.75, 3.05) is 36.4 Å². The predicted molar refractivity (Wildman–Crippen MR) is 152 cm³/mol. The number of nitrogens with one attached hydrogen (secondary N) is 1. The Hall–Kier alpha value is -5.19. The average molecular weight is 592 g/mol. The Morgan fingerprint density at radius 2 is 1.70 bits per heavy atom. The topological polar surface area (TPSA) is 125 Å². The normalized spacial score (nSPS) is 13.9. The lowest BCUT2D eigenvalue weighted by molar-refractivity contribution is -0.144. The third-order valence-corrected chi connectivity index (χ3v) is 6.43. The number of nitrogens with zero attached hydrogens (tertiary/aromatic N) is 8. The number of anilines is 3. The molecule has 11 nitrogen and oxygen atoms in total. The summed E-state index contributed by atoms with van der Waals surface area (Å²) < 4.78 is 45.0. The minimum Gasteiger partial charge on any atom is -0.444 e. The number of hydrogen-bond donors (Lipinski definition) is 1. The van der Waals surface area contributed by atoms with Crippen LogP contribution in [0, 0.1) is 11.3 Å². The molecule has 1 N–H and O–H groups in total. The summed E-state index contributed by atoms with van der Waals surface area (Å²) in [5.74, 6) is -0.924. The molecule has 3 heterocycles. The molecule has 1 fully saturated rings. The predicted octanol–water partition coefficient (Wildman–Crippen LogP) is 5.42. The fourth-order valence-corrected chi connectivity index (χ4v) is 4.40. The van der Waals surface area contributed by atoms with Crippen LogP contribution in [0.2, 0.25) is 0 Å². The van der Waals surface area contributed by atoms with Gasteiger partial charge in [0, 0.05) is 49.3 Å². The number of rotatable bonds is 5. The first kappa shape index (κ1) is 29.3. The van der Waals surface area contributed by atoms with Crippen LogP contribution in [0.1, 0.15) is 32.2 Å². The second-order valence-electron chi connectivity index (χ2n) is 10.8. The van der Waals surface area contributed by atoms with E-state index in [0.29, 0.717) is 54.8 Å². The van der Waals surface area contributed by atoms with Gasteiger partial charge in [-0.2, -0.15) is 18.4 Å². The molecule has 0 aliphatic carbocycles. The fraction of sp³-hybridized carbons (Fsp3) is 0.310. The summed E-state index contributed by atoms with van der Waals surface area (Å²) in [6, 6.07) is 15.9. The first-order valence-corrected chi connectivity index (χ1v) is 13.4. The van der Waals surface area contributed by atoms with E-state index in [1.54, 1.807) is 53.6 Å². The molecule has 1 aliphatic rings. The van der Waals surface area contributed by atoms with E-state index in [1.165, 1.54) is 0 Å². The van der Waals surface area contributed by atoms with Crippen molar-refractivity contribution < 1.29 is 22.7 Å². The van der Waals surface area contributed by atoms with Crippen molar-refractivity contribution >= 4 is 23.4 Å². The molecule has 1 saturated heterocycles. The van der Waals surface area contributed by atoms with Crippen molar-refractivity contribution in [2.24, 2.45) is 0 Å². The maximum atomic E-state index is 12.8. The Balaban J connectivity index is 1.29. The second-order valence-corrected chi connectivity index (χ2v) is 10.8. The number of alkyl halides is 3. The molecule has 14 heteroatoms. The van der Waals surface area contributed by atoms with Crippen LogP contribution in [0.25, 0.3) is 16.9 Å². The molecule has 5 rings (SSSR count). The number of benzene rings is 2. The third-order valence-electron chi connectivity index (χ3n) is 6.43. The van der Waals surface area contributed by atoms with E-state index in [-0.39, 0.29) is 6.09 Å². The number of aromatic nitrogens is 5. The van der Waals surface area contributed by atoms with Gasteiger partial charge in [-0.15, -0.1) is 5.10 Å². The van der Waals surface area contributed by atoms with Crippen LogP contribution in [-0.2, 0) is 10.9 Å². The molecule has 0 atom stereocenters. The van der Waals surface area contributed by atoms with E-state index in [4.69, 9.17) is 4.74 Å². The van der Waals surface area contributed by atoms with Gasteiger partial charge in [0.15, 0.2) is 0 Å². The highest BCUT2D eigenvalue weighted by Gasteiger charge is 2.36. The highest BCUT2D eigenvalue weighted by molar-refractivity contribution is 5.71. The summed E-state index contributed by atoms with van der Waals surface area (Å²) in [6.07, 6.45) is -2.38. The summed E-state index contributed by atoms with van der Waals surface area (Å²) >= 11 is 0. The molecule has 1 amide bonds. The SMILES string of the molecule is CC(C)(C)OC(=O)N1CCN(c2cc(C#N)cc(-c3ccnc(Nc4ccc(-n5cnc(C(F)(F)F)n5)cc4)n3)c2)CC1. The van der Waals surface area contributed by atoms with E-state index >= 15 is 0 Å². The van der Waals surface area contributed by atoms with Gasteiger partial charge in [-0.3, -0.25) is 0 Å². The van der Waals surface area contributed by atoms with Gasteiger partial charge in [0.25, 0.3) is 5.82 Å². The van der Waals surface area contributed by atoms with E-state index in [0.717, 1.165) is 22.3 Å². The molecule has 222 valence electrons. The number of nitriles is 1. The first-order valence-electron chi connectivity index (χ1n) is 13.4. The summed E-state index contributed by atoms with van der Waals surface area (Å²) in [4.78, 5) is 28.4. The number of hydrogen-bond acceptors (Lipinski definition) is 9. The Morgan fingerprint density at radius 3 is 2.33 bits per heavy atom. The highest BCUT2D eigenvalue weighted by atomic mass is 19.4. The quantitative estimate of drug-likeness (QED) is 0.324. The molecule has 43 heavy (non-hydrogen) atoms. The van der Waals surface area contributed by atoms with Crippen LogP contribution in [0.15, 0.2) is 61.1 Å². The fourth-order valence-electron chi connectivity index (χ4n) is 4.40. The maximum absolute atomic E-state index is 12.8. The molecule has 0 unspecified atom stereocenters. The Morgan fingerprint density at radius 1 is 0.977 bits per heavy atom. The number of halogens is 3. The van der Waals surface area contributed by atoms with Crippen molar-refractivity contribution in [3.05, 3.63) is 72.4 Å². The largest absolute Gasteiger partial charge is 0.453 e. The minimum atomic E-state index is -4.63. The molecule has 4 aromatic rings. The summed E-state index contributed by atoms with van der Waals surface area (Å²) in [6.45, 7) is 7.62. The lowest BCUT2D eigenvalue weighted by Gasteiger charge is -2.37. The van der Waals surface area contributed by atoms with E-state index in [1.807, 2.05) is 26.8 Å². The van der Waals surface area contributed by atoms with Crippen LogP contribution in [0.3, 0.4) is 0 Å². The minimum absolute atomic E-state index is 0.292. The van der Waals surface area contributed by atoms with Crippen molar-refractivity contribution in [2.45, 2.75) is 32.5 Å². The van der Waals surface area contributed by atoms with Gasteiger partial charge in [-0.25, -0.2) is 24.4 Å². The molecular formula is C29H28F3N9O2. The van der Waals surface area contributed by atoms with Gasteiger partial charge >= 0.3 is 12.3 Å². The van der Waals surface area contributed by atoms with Crippen LogP contribution in [-0.4, -0.2) is 67.5 Å². The van der Waals surface area contributed by atoms with Gasteiger partial charge in [0.1, 0.15) is 11.9 Å². The van der Waals surface area contributed by atoms with Crippen LogP contribution in [0.4, 0.5) is 35.3 Å². The number of piperazine rings is 1. The van der Waals surface area contributed by atoms with Crippen molar-refractivity contribution in [1.82, 2.24) is 29.6 Å². The van der Waals surface area contributed by atoms with Crippen molar-refractivity contribution in [3.63, 3.8) is 0 Å². The van der Waals surface area contributed by atoms with Gasteiger partial charge in [-0.05, 0) is 69.3 Å². The van der Waals surface area contributed by atoms with E-state index in [2.05, 4.69) is 36.3 Å². The Labute approximate surface area is 245 Å². The number of carbonyl (C=O) groups excluding carboxylic acids is 1. The zero-order valence-corrected chi connectivity index (χ0v) is 23.6. The van der Waals surface area contributed by atoms with E-state index < -0.39 is 17.6 Å². The summed E-state index contributed by atoms with van der Waals surface area (Å²) in [5.41, 5.74) is 3.04. The summed E-state index contributed by atoms with van der Waals surface area (Å²) in [7, 11) is 0. The van der Waals surface area contributed by atoms with Crippen LogP contribution >= 0.6 is 0 Å². The van der Waals surface area contributed by atoms with Gasteiger partial charge < -0.3 is 19.9 Å². The van der Waals surface area contributed by atoms with Crippen molar-refractivity contribution in [1.29, 1.82) is 5.26 Å². The highest BCUT2D eigenvalue weighted by Crippen LogP contribution is 2.29. The molecule has 2 aromatic carbocycles. The zero-order valence-electron chi connectivity index (χ0n) is 23.6. The van der Waals surface area contributed by atoms with Crippen LogP contribution in [0.5, 0.6) is 0 Å². The van der Waals surface area contributed by atoms with Gasteiger partial charge in [0.2, 0.25) is 5.95 Å². The molecule has 0 spiro atoms. The third kappa shape index (κ3) is 7.18. The zero-order chi connectivity index (χ0) is 30.8. The molecule has 2 aromatic heterocycles. The van der Waals surface area contributed by atoms with Gasteiger partial charge in [-0.1, -0.05) is 0 Å². The first-order chi connectivity index (χ1) is 20.4. The molecule has 0 bridgehead atoms. The Kier molecular flexibility index (Phi) is 7.90. The standard InChI is InChI=1S/C29H28F3N9O2/c1-28(2,3)43-27(42)40-12-10-39(11-13-40)23-15-19(17-33)14-20(16-23)24-8-9-34-26(37-24)36-21-4-6-22(7-5-21)41-18-35-25(38-41)29(30,31)32/h4-9,14-16,18H,10-13H2,1-3H3,(H,34,36,37). The molecule has 1 aliphatic heterocycles. The van der Waals surface area contributed by atoms with Crippen molar-refractivity contribution in [3.8, 4) is 23.0 Å². The molecule has 0 radical (unpaired) electrons. The lowest BCUT2D eigenvalue weighted by atomic mass is 10.1. The number of carbonyl (C=O) groups is 1.